The predicted octanol–water partition coefficient (Wildman–Crippen LogP) is 2.98. The van der Waals surface area contributed by atoms with Crippen molar-refractivity contribution in [2.75, 3.05) is 0 Å². The molecule has 106 valence electrons. The molecule has 1 atom stereocenters. The Hall–Kier alpha value is -1.61. The van der Waals surface area contributed by atoms with Crippen LogP contribution in [-0.4, -0.2) is 14.9 Å². The van der Waals surface area contributed by atoms with Gasteiger partial charge in [0.05, 0.1) is 11.8 Å². The second kappa shape index (κ2) is 5.41. The molecule has 0 saturated carbocycles. The number of aromatic nitrogens is 2. The Labute approximate surface area is 120 Å². The summed E-state index contributed by atoms with van der Waals surface area (Å²) in [5, 5.41) is 14.9. The number of hydrogen-bond acceptors (Lipinski definition) is 2. The third-order valence-electron chi connectivity index (χ3n) is 4.19. The van der Waals surface area contributed by atoms with E-state index in [1.54, 1.807) is 0 Å². The van der Waals surface area contributed by atoms with E-state index in [0.717, 1.165) is 29.9 Å². The molecule has 1 N–H and O–H groups in total. The van der Waals surface area contributed by atoms with Gasteiger partial charge in [-0.25, -0.2) is 0 Å². The smallest absolute Gasteiger partial charge is 0.0845 e. The zero-order valence-corrected chi connectivity index (χ0v) is 12.3. The first-order valence-electron chi connectivity index (χ1n) is 7.50. The third-order valence-corrected chi connectivity index (χ3v) is 4.19. The average Bonchev–Trinajstić information content (AvgIpc) is 3.03. The summed E-state index contributed by atoms with van der Waals surface area (Å²) in [6, 6.07) is 8.52. The molecule has 0 aliphatic heterocycles. The largest absolute Gasteiger partial charge is 0.388 e. The van der Waals surface area contributed by atoms with Crippen LogP contribution in [0.25, 0.3) is 0 Å². The Morgan fingerprint density at radius 1 is 1.25 bits per heavy atom. The van der Waals surface area contributed by atoms with Crippen molar-refractivity contribution in [3.8, 4) is 0 Å². The maximum atomic E-state index is 10.5. The summed E-state index contributed by atoms with van der Waals surface area (Å²) in [6.45, 7) is 4.93. The van der Waals surface area contributed by atoms with Crippen molar-refractivity contribution in [3.05, 3.63) is 52.3 Å². The van der Waals surface area contributed by atoms with Crippen LogP contribution < -0.4 is 0 Å². The Morgan fingerprint density at radius 3 is 2.85 bits per heavy atom. The van der Waals surface area contributed by atoms with E-state index in [1.807, 2.05) is 11.6 Å². The monoisotopic (exact) mass is 270 g/mol. The number of rotatable bonds is 4. The average molecular weight is 270 g/mol. The number of nitrogens with zero attached hydrogens (tertiary/aromatic N) is 2. The highest BCUT2D eigenvalue weighted by atomic mass is 16.3. The molecule has 1 heterocycles. The third kappa shape index (κ3) is 2.50. The van der Waals surface area contributed by atoms with Gasteiger partial charge in [0.25, 0.3) is 0 Å². The highest BCUT2D eigenvalue weighted by molar-refractivity contribution is 5.36. The SMILES string of the molecule is CCn1nc(C)cc1CC(O)c1ccc2c(c1)CCC2. The van der Waals surface area contributed by atoms with Crippen molar-refractivity contribution in [3.63, 3.8) is 0 Å². The number of aliphatic hydroxyl groups is 1. The molecule has 3 heteroatoms. The highest BCUT2D eigenvalue weighted by Gasteiger charge is 2.16. The molecule has 1 aromatic heterocycles. The second-order valence-electron chi connectivity index (χ2n) is 5.69. The minimum absolute atomic E-state index is 0.442. The molecule has 0 amide bonds. The summed E-state index contributed by atoms with van der Waals surface area (Å²) in [4.78, 5) is 0. The maximum Gasteiger partial charge on any atom is 0.0845 e. The van der Waals surface area contributed by atoms with Crippen LogP contribution in [0.1, 0.15) is 47.5 Å². The topological polar surface area (TPSA) is 38.0 Å². The van der Waals surface area contributed by atoms with Gasteiger partial charge < -0.3 is 5.11 Å². The predicted molar refractivity (Wildman–Crippen MR) is 79.8 cm³/mol. The number of fused-ring (bicyclic) bond motifs is 1. The Balaban J connectivity index is 1.80. The summed E-state index contributed by atoms with van der Waals surface area (Å²) in [7, 11) is 0. The van der Waals surface area contributed by atoms with Crippen LogP contribution in [0, 0.1) is 6.92 Å². The van der Waals surface area contributed by atoms with Gasteiger partial charge in [-0.3, -0.25) is 4.68 Å². The van der Waals surface area contributed by atoms with Crippen molar-refractivity contribution in [2.45, 2.75) is 52.2 Å². The van der Waals surface area contributed by atoms with Crippen LogP contribution in [0.15, 0.2) is 24.3 Å². The minimum Gasteiger partial charge on any atom is -0.388 e. The van der Waals surface area contributed by atoms with Gasteiger partial charge in [-0.05, 0) is 55.9 Å². The van der Waals surface area contributed by atoms with E-state index < -0.39 is 6.10 Å². The van der Waals surface area contributed by atoms with E-state index in [1.165, 1.54) is 24.0 Å². The molecule has 0 bridgehead atoms. The summed E-state index contributed by atoms with van der Waals surface area (Å²) < 4.78 is 1.98. The van der Waals surface area contributed by atoms with Crippen LogP contribution >= 0.6 is 0 Å². The molecular weight excluding hydrogens is 248 g/mol. The quantitative estimate of drug-likeness (QED) is 0.927. The van der Waals surface area contributed by atoms with Crippen molar-refractivity contribution >= 4 is 0 Å². The van der Waals surface area contributed by atoms with Crippen molar-refractivity contribution in [1.82, 2.24) is 9.78 Å². The fourth-order valence-electron chi connectivity index (χ4n) is 3.15. The van der Waals surface area contributed by atoms with Gasteiger partial charge in [-0.1, -0.05) is 18.2 Å². The van der Waals surface area contributed by atoms with Gasteiger partial charge in [0.1, 0.15) is 0 Å². The second-order valence-corrected chi connectivity index (χ2v) is 5.69. The molecule has 0 saturated heterocycles. The fraction of sp³-hybridized carbons (Fsp3) is 0.471. The number of hydrogen-bond donors (Lipinski definition) is 1. The lowest BCUT2D eigenvalue weighted by molar-refractivity contribution is 0.175. The highest BCUT2D eigenvalue weighted by Crippen LogP contribution is 2.27. The normalized spacial score (nSPS) is 15.3. The van der Waals surface area contributed by atoms with Crippen LogP contribution in [0.3, 0.4) is 0 Å². The molecular formula is C17H22N2O. The van der Waals surface area contributed by atoms with Gasteiger partial charge in [-0.15, -0.1) is 0 Å². The van der Waals surface area contributed by atoms with Crippen LogP contribution in [-0.2, 0) is 25.8 Å². The summed E-state index contributed by atoms with van der Waals surface area (Å²) in [5.74, 6) is 0. The zero-order valence-electron chi connectivity index (χ0n) is 12.3. The van der Waals surface area contributed by atoms with Gasteiger partial charge in [0.15, 0.2) is 0 Å². The first kappa shape index (κ1) is 13.4. The molecule has 20 heavy (non-hydrogen) atoms. The molecule has 3 rings (SSSR count). The van der Waals surface area contributed by atoms with Crippen LogP contribution in [0.4, 0.5) is 0 Å². The lowest BCUT2D eigenvalue weighted by Gasteiger charge is -2.13. The number of aryl methyl sites for hydroxylation is 4. The summed E-state index contributed by atoms with van der Waals surface area (Å²) >= 11 is 0. The minimum atomic E-state index is -0.442. The summed E-state index contributed by atoms with van der Waals surface area (Å²) in [6.07, 6.45) is 3.78. The van der Waals surface area contributed by atoms with Crippen LogP contribution in [0.5, 0.6) is 0 Å². The molecule has 0 radical (unpaired) electrons. The molecule has 1 unspecified atom stereocenters. The first-order chi connectivity index (χ1) is 9.67. The summed E-state index contributed by atoms with van der Waals surface area (Å²) in [5.41, 5.74) is 6.03. The number of aliphatic hydroxyl groups excluding tert-OH is 1. The molecule has 0 spiro atoms. The van der Waals surface area contributed by atoms with Crippen LogP contribution in [0.2, 0.25) is 0 Å². The first-order valence-corrected chi connectivity index (χ1v) is 7.50. The number of benzene rings is 1. The van der Waals surface area contributed by atoms with Gasteiger partial charge in [0.2, 0.25) is 0 Å². The van der Waals surface area contributed by atoms with Crippen molar-refractivity contribution in [1.29, 1.82) is 0 Å². The maximum absolute atomic E-state index is 10.5. The fourth-order valence-corrected chi connectivity index (χ4v) is 3.15. The van der Waals surface area contributed by atoms with E-state index in [-0.39, 0.29) is 0 Å². The Kier molecular flexibility index (Phi) is 3.62. The Morgan fingerprint density at radius 2 is 2.05 bits per heavy atom. The molecule has 3 nitrogen and oxygen atoms in total. The molecule has 1 aromatic carbocycles. The standard InChI is InChI=1S/C17H22N2O/c1-3-19-16(9-12(2)18-19)11-17(20)15-8-7-13-5-4-6-14(13)10-15/h7-10,17,20H,3-6,11H2,1-2H3. The van der Waals surface area contributed by atoms with Crippen molar-refractivity contribution in [2.24, 2.45) is 0 Å². The Bertz CT molecular complexity index is 615. The molecule has 1 aliphatic rings. The molecule has 1 aliphatic carbocycles. The lowest BCUT2D eigenvalue weighted by atomic mass is 10.00. The van der Waals surface area contributed by atoms with E-state index in [2.05, 4.69) is 36.3 Å². The van der Waals surface area contributed by atoms with E-state index in [0.29, 0.717) is 6.42 Å². The van der Waals surface area contributed by atoms with Gasteiger partial charge >= 0.3 is 0 Å². The zero-order chi connectivity index (χ0) is 14.1. The van der Waals surface area contributed by atoms with E-state index in [9.17, 15) is 5.11 Å². The molecule has 2 aromatic rings. The van der Waals surface area contributed by atoms with E-state index >= 15 is 0 Å². The van der Waals surface area contributed by atoms with Gasteiger partial charge in [0, 0.05) is 18.7 Å². The lowest BCUT2D eigenvalue weighted by Crippen LogP contribution is -2.08. The van der Waals surface area contributed by atoms with Crippen molar-refractivity contribution < 1.29 is 5.11 Å². The van der Waals surface area contributed by atoms with Gasteiger partial charge in [-0.2, -0.15) is 5.10 Å². The van der Waals surface area contributed by atoms with E-state index in [4.69, 9.17) is 0 Å². The molecule has 0 fully saturated rings.